The van der Waals surface area contributed by atoms with E-state index in [0.717, 1.165) is 6.07 Å². The predicted octanol–water partition coefficient (Wildman–Crippen LogP) is 2.95. The highest BCUT2D eigenvalue weighted by atomic mass is 19.4. The van der Waals surface area contributed by atoms with E-state index in [1.54, 1.807) is 6.92 Å². The lowest BCUT2D eigenvalue weighted by atomic mass is 9.96. The van der Waals surface area contributed by atoms with Crippen LogP contribution in [0.3, 0.4) is 0 Å². The number of rotatable bonds is 3. The molecule has 0 saturated carbocycles. The Bertz CT molecular complexity index is 571. The Balaban J connectivity index is 2.09. The highest BCUT2D eigenvalue weighted by molar-refractivity contribution is 5.96. The fourth-order valence-electron chi connectivity index (χ4n) is 2.54. The third-order valence-electron chi connectivity index (χ3n) is 3.82. The van der Waals surface area contributed by atoms with Crippen LogP contribution in [0.1, 0.15) is 46.4 Å². The largest absolute Gasteiger partial charge is 0.478 e. The van der Waals surface area contributed by atoms with Crippen LogP contribution < -0.4 is 0 Å². The lowest BCUT2D eigenvalue weighted by molar-refractivity contribution is -0.183. The number of furan rings is 1. The van der Waals surface area contributed by atoms with Gasteiger partial charge in [-0.2, -0.15) is 13.2 Å². The summed E-state index contributed by atoms with van der Waals surface area (Å²) >= 11 is 0. The summed E-state index contributed by atoms with van der Waals surface area (Å²) in [6.45, 7) is 1.65. The van der Waals surface area contributed by atoms with Gasteiger partial charge in [0, 0.05) is 25.6 Å². The second-order valence-corrected chi connectivity index (χ2v) is 5.21. The van der Waals surface area contributed by atoms with Gasteiger partial charge >= 0.3 is 12.1 Å². The van der Waals surface area contributed by atoms with Crippen LogP contribution in [0.25, 0.3) is 0 Å². The van der Waals surface area contributed by atoms with E-state index in [4.69, 9.17) is 9.52 Å². The van der Waals surface area contributed by atoms with Crippen molar-refractivity contribution in [3.63, 3.8) is 0 Å². The summed E-state index contributed by atoms with van der Waals surface area (Å²) in [4.78, 5) is 24.5. The summed E-state index contributed by atoms with van der Waals surface area (Å²) in [5.41, 5.74) is -0.0870. The summed E-state index contributed by atoms with van der Waals surface area (Å²) in [5.74, 6) is -3.12. The van der Waals surface area contributed by atoms with Crippen LogP contribution in [0.2, 0.25) is 0 Å². The molecule has 0 unspecified atom stereocenters. The minimum atomic E-state index is -4.24. The van der Waals surface area contributed by atoms with Crippen molar-refractivity contribution in [2.75, 3.05) is 13.1 Å². The van der Waals surface area contributed by atoms with E-state index in [0.29, 0.717) is 6.42 Å². The Morgan fingerprint density at radius 3 is 2.36 bits per heavy atom. The number of carbonyl (C=O) groups excluding carboxylic acids is 1. The number of piperidine rings is 1. The summed E-state index contributed by atoms with van der Waals surface area (Å²) in [6.07, 6.45) is -4.23. The summed E-state index contributed by atoms with van der Waals surface area (Å²) in [6, 6.07) is 1.14. The zero-order chi connectivity index (χ0) is 16.5. The smallest absolute Gasteiger partial charge is 0.391 e. The second kappa shape index (κ2) is 6.02. The van der Waals surface area contributed by atoms with Gasteiger partial charge in [-0.15, -0.1) is 0 Å². The van der Waals surface area contributed by atoms with Crippen LogP contribution in [0.15, 0.2) is 10.5 Å². The standard InChI is InChI=1S/C14H16F3NO4/c1-2-10-9(13(20)21)7-11(22-10)12(19)18-5-3-8(4-6-18)14(15,16)17/h7-8H,2-6H2,1H3,(H,20,21). The molecule has 1 saturated heterocycles. The number of halogens is 3. The molecule has 1 amide bonds. The van der Waals surface area contributed by atoms with Gasteiger partial charge in [0.15, 0.2) is 5.76 Å². The average Bonchev–Trinajstić information content (AvgIpc) is 2.90. The Hall–Kier alpha value is -1.99. The summed E-state index contributed by atoms with van der Waals surface area (Å²) in [7, 11) is 0. The first-order valence-electron chi connectivity index (χ1n) is 6.96. The van der Waals surface area contributed by atoms with Crippen LogP contribution in [0, 0.1) is 5.92 Å². The van der Waals surface area contributed by atoms with Gasteiger partial charge in [0.05, 0.1) is 5.92 Å². The Kier molecular flexibility index (Phi) is 4.48. The molecular weight excluding hydrogens is 303 g/mol. The first kappa shape index (κ1) is 16.4. The Labute approximate surface area is 124 Å². The highest BCUT2D eigenvalue weighted by Gasteiger charge is 2.42. The first-order valence-corrected chi connectivity index (χ1v) is 6.96. The molecule has 2 rings (SSSR count). The van der Waals surface area contributed by atoms with Gasteiger partial charge in [-0.3, -0.25) is 4.79 Å². The van der Waals surface area contributed by atoms with Crippen molar-refractivity contribution in [3.05, 3.63) is 23.2 Å². The third-order valence-corrected chi connectivity index (χ3v) is 3.82. The monoisotopic (exact) mass is 319 g/mol. The predicted molar refractivity (Wildman–Crippen MR) is 69.7 cm³/mol. The molecule has 22 heavy (non-hydrogen) atoms. The van der Waals surface area contributed by atoms with E-state index < -0.39 is 24.0 Å². The molecule has 1 N–H and O–H groups in total. The minimum absolute atomic E-state index is 0.0203. The maximum absolute atomic E-state index is 12.6. The second-order valence-electron chi connectivity index (χ2n) is 5.21. The van der Waals surface area contributed by atoms with Crippen molar-refractivity contribution in [1.29, 1.82) is 0 Å². The Morgan fingerprint density at radius 2 is 1.95 bits per heavy atom. The molecule has 8 heteroatoms. The number of carboxylic acids is 1. The molecule has 0 aromatic carbocycles. The van der Waals surface area contributed by atoms with E-state index in [1.807, 2.05) is 0 Å². The van der Waals surface area contributed by atoms with E-state index in [-0.39, 0.29) is 43.0 Å². The number of aryl methyl sites for hydroxylation is 1. The molecule has 1 aromatic heterocycles. The van der Waals surface area contributed by atoms with Crippen LogP contribution in [0.4, 0.5) is 13.2 Å². The van der Waals surface area contributed by atoms with Gasteiger partial charge < -0.3 is 14.4 Å². The number of aromatic carboxylic acids is 1. The molecule has 122 valence electrons. The average molecular weight is 319 g/mol. The molecule has 1 aliphatic rings. The zero-order valence-corrected chi connectivity index (χ0v) is 11.9. The molecule has 0 spiro atoms. The topological polar surface area (TPSA) is 70.8 Å². The van der Waals surface area contributed by atoms with Crippen LogP contribution in [-0.2, 0) is 6.42 Å². The molecule has 0 aliphatic carbocycles. The van der Waals surface area contributed by atoms with Crippen molar-refractivity contribution in [3.8, 4) is 0 Å². The van der Waals surface area contributed by atoms with Gasteiger partial charge in [0.1, 0.15) is 11.3 Å². The molecule has 1 fully saturated rings. The number of nitrogens with zero attached hydrogens (tertiary/aromatic N) is 1. The summed E-state index contributed by atoms with van der Waals surface area (Å²) < 4.78 is 43.0. The van der Waals surface area contributed by atoms with Crippen molar-refractivity contribution >= 4 is 11.9 Å². The fraction of sp³-hybridized carbons (Fsp3) is 0.571. The molecule has 5 nitrogen and oxygen atoms in total. The van der Waals surface area contributed by atoms with E-state index >= 15 is 0 Å². The summed E-state index contributed by atoms with van der Waals surface area (Å²) in [5, 5.41) is 9.02. The quantitative estimate of drug-likeness (QED) is 0.930. The molecule has 1 aliphatic heterocycles. The van der Waals surface area contributed by atoms with Gasteiger partial charge in [0.25, 0.3) is 5.91 Å². The first-order chi connectivity index (χ1) is 10.2. The fourth-order valence-corrected chi connectivity index (χ4v) is 2.54. The number of likely N-dealkylation sites (tertiary alicyclic amines) is 1. The molecule has 0 atom stereocenters. The van der Waals surface area contributed by atoms with Crippen LogP contribution in [0.5, 0.6) is 0 Å². The van der Waals surface area contributed by atoms with Crippen molar-refractivity contribution in [2.45, 2.75) is 32.4 Å². The van der Waals surface area contributed by atoms with Gasteiger partial charge in [-0.1, -0.05) is 6.92 Å². The highest BCUT2D eigenvalue weighted by Crippen LogP contribution is 2.34. The number of carbonyl (C=O) groups is 2. The zero-order valence-electron chi connectivity index (χ0n) is 11.9. The van der Waals surface area contributed by atoms with Gasteiger partial charge in [0.2, 0.25) is 0 Å². The number of carboxylic acid groups (broad SMARTS) is 1. The number of alkyl halides is 3. The third kappa shape index (κ3) is 3.26. The van der Waals surface area contributed by atoms with Crippen LogP contribution >= 0.6 is 0 Å². The van der Waals surface area contributed by atoms with Crippen molar-refractivity contribution in [2.24, 2.45) is 5.92 Å². The molecule has 0 bridgehead atoms. The number of amides is 1. The van der Waals surface area contributed by atoms with Crippen LogP contribution in [-0.4, -0.2) is 41.1 Å². The van der Waals surface area contributed by atoms with E-state index in [1.165, 1.54) is 4.90 Å². The maximum atomic E-state index is 12.6. The molecule has 1 aromatic rings. The minimum Gasteiger partial charge on any atom is -0.478 e. The van der Waals surface area contributed by atoms with E-state index in [9.17, 15) is 22.8 Å². The maximum Gasteiger partial charge on any atom is 0.391 e. The van der Waals surface area contributed by atoms with Gasteiger partial charge in [-0.25, -0.2) is 4.79 Å². The lowest BCUT2D eigenvalue weighted by Gasteiger charge is -2.32. The number of hydrogen-bond acceptors (Lipinski definition) is 3. The molecule has 2 heterocycles. The molecule has 0 radical (unpaired) electrons. The normalized spacial score (nSPS) is 16.8. The van der Waals surface area contributed by atoms with E-state index in [2.05, 4.69) is 0 Å². The lowest BCUT2D eigenvalue weighted by Crippen LogP contribution is -2.42. The Morgan fingerprint density at radius 1 is 1.36 bits per heavy atom. The van der Waals surface area contributed by atoms with Gasteiger partial charge in [-0.05, 0) is 12.8 Å². The number of hydrogen-bond donors (Lipinski definition) is 1. The molecular formula is C14H16F3NO4. The SMILES string of the molecule is CCc1oc(C(=O)N2CCC(C(F)(F)F)CC2)cc1C(=O)O. The van der Waals surface area contributed by atoms with Crippen molar-refractivity contribution in [1.82, 2.24) is 4.90 Å². The van der Waals surface area contributed by atoms with Crippen molar-refractivity contribution < 1.29 is 32.3 Å².